The van der Waals surface area contributed by atoms with Gasteiger partial charge in [0.15, 0.2) is 5.17 Å². The molecule has 0 bridgehead atoms. The first-order chi connectivity index (χ1) is 13.5. The summed E-state index contributed by atoms with van der Waals surface area (Å²) in [6.45, 7) is 6.75. The van der Waals surface area contributed by atoms with E-state index in [1.165, 1.54) is 11.1 Å². The lowest BCUT2D eigenvalue weighted by atomic mass is 10.0. The van der Waals surface area contributed by atoms with Gasteiger partial charge >= 0.3 is 0 Å². The Balaban J connectivity index is 0.00000300. The number of thioether (sulfide) groups is 1. The van der Waals surface area contributed by atoms with Gasteiger partial charge < -0.3 is 4.90 Å². The second kappa shape index (κ2) is 10.7. The van der Waals surface area contributed by atoms with Crippen molar-refractivity contribution < 1.29 is 4.79 Å². The molecule has 29 heavy (non-hydrogen) atoms. The van der Waals surface area contributed by atoms with Crippen LogP contribution in [0.1, 0.15) is 37.8 Å². The molecule has 0 radical (unpaired) electrons. The molecule has 0 aliphatic carbocycles. The first kappa shape index (κ1) is 23.3. The number of amidine groups is 1. The molecule has 0 N–H and O–H groups in total. The standard InChI is InChI=1S/C23H29N3OS.ClH/c1-17(2)20-10-12-21(13-11-20)26(18(3)27)22-16-28-23(25(22)4)24-15-14-19-8-6-5-7-9-19;/h5-13,17,22H,14-16H2,1-4H3;1H. The van der Waals surface area contributed by atoms with Crippen LogP contribution in [0, 0.1) is 0 Å². The molecule has 1 unspecified atom stereocenters. The summed E-state index contributed by atoms with van der Waals surface area (Å²) in [5.41, 5.74) is 3.52. The van der Waals surface area contributed by atoms with Crippen molar-refractivity contribution >= 4 is 40.9 Å². The maximum Gasteiger partial charge on any atom is 0.225 e. The number of nitrogens with zero attached hydrogens (tertiary/aromatic N) is 3. The summed E-state index contributed by atoms with van der Waals surface area (Å²) in [5.74, 6) is 1.36. The second-order valence-corrected chi connectivity index (χ2v) is 8.42. The van der Waals surface area contributed by atoms with Crippen molar-refractivity contribution in [3.05, 3.63) is 65.7 Å². The van der Waals surface area contributed by atoms with Crippen LogP contribution < -0.4 is 4.90 Å². The van der Waals surface area contributed by atoms with Crippen molar-refractivity contribution in [1.29, 1.82) is 0 Å². The number of carbonyl (C=O) groups is 1. The lowest BCUT2D eigenvalue weighted by Crippen LogP contribution is -2.48. The van der Waals surface area contributed by atoms with Crippen molar-refractivity contribution in [2.24, 2.45) is 4.99 Å². The molecular weight excluding hydrogens is 402 g/mol. The Hall–Kier alpha value is -1.98. The van der Waals surface area contributed by atoms with E-state index in [2.05, 4.69) is 67.3 Å². The lowest BCUT2D eigenvalue weighted by Gasteiger charge is -2.33. The fraction of sp³-hybridized carbons (Fsp3) is 0.391. The quantitative estimate of drug-likeness (QED) is 0.631. The maximum atomic E-state index is 12.5. The number of hydrogen-bond acceptors (Lipinski definition) is 3. The molecule has 0 spiro atoms. The molecule has 2 aromatic carbocycles. The smallest absolute Gasteiger partial charge is 0.225 e. The number of carbonyl (C=O) groups excluding carboxylic acids is 1. The number of anilines is 1. The zero-order valence-electron chi connectivity index (χ0n) is 17.5. The van der Waals surface area contributed by atoms with Crippen LogP contribution in [-0.4, -0.2) is 41.5 Å². The number of benzene rings is 2. The molecule has 1 fully saturated rings. The molecule has 3 rings (SSSR count). The van der Waals surface area contributed by atoms with E-state index in [1.54, 1.807) is 18.7 Å². The van der Waals surface area contributed by atoms with Gasteiger partial charge in [-0.3, -0.25) is 14.7 Å². The van der Waals surface area contributed by atoms with Gasteiger partial charge in [0.25, 0.3) is 0 Å². The highest BCUT2D eigenvalue weighted by Gasteiger charge is 2.34. The van der Waals surface area contributed by atoms with Crippen LogP contribution in [-0.2, 0) is 11.2 Å². The predicted molar refractivity (Wildman–Crippen MR) is 127 cm³/mol. The fourth-order valence-electron chi connectivity index (χ4n) is 3.40. The van der Waals surface area contributed by atoms with Gasteiger partial charge in [0, 0.05) is 32.0 Å². The zero-order chi connectivity index (χ0) is 20.1. The molecule has 156 valence electrons. The Labute approximate surface area is 184 Å². The largest absolute Gasteiger partial charge is 0.333 e. The second-order valence-electron chi connectivity index (χ2n) is 7.44. The predicted octanol–water partition coefficient (Wildman–Crippen LogP) is 5.19. The molecule has 1 aliphatic heterocycles. The van der Waals surface area contributed by atoms with E-state index in [0.29, 0.717) is 5.92 Å². The molecule has 1 amide bonds. The highest BCUT2D eigenvalue weighted by Crippen LogP contribution is 2.30. The van der Waals surface area contributed by atoms with E-state index < -0.39 is 0 Å². The molecular formula is C23H30ClN3OS. The van der Waals surface area contributed by atoms with Crippen LogP contribution >= 0.6 is 24.2 Å². The summed E-state index contributed by atoms with van der Waals surface area (Å²) < 4.78 is 0. The van der Waals surface area contributed by atoms with E-state index in [4.69, 9.17) is 4.99 Å². The number of halogens is 1. The summed E-state index contributed by atoms with van der Waals surface area (Å²) >= 11 is 1.72. The minimum atomic E-state index is -0.0112. The van der Waals surface area contributed by atoms with Gasteiger partial charge in [-0.25, -0.2) is 0 Å². The van der Waals surface area contributed by atoms with Gasteiger partial charge in [-0.05, 0) is 35.6 Å². The summed E-state index contributed by atoms with van der Waals surface area (Å²) in [6, 6.07) is 18.8. The van der Waals surface area contributed by atoms with Crippen molar-refractivity contribution in [2.75, 3.05) is 24.2 Å². The lowest BCUT2D eigenvalue weighted by molar-refractivity contribution is -0.117. The maximum absolute atomic E-state index is 12.5. The van der Waals surface area contributed by atoms with Crippen LogP contribution in [0.15, 0.2) is 59.6 Å². The Morgan fingerprint density at radius 3 is 2.41 bits per heavy atom. The van der Waals surface area contributed by atoms with Gasteiger partial charge in [-0.15, -0.1) is 12.4 Å². The average molecular weight is 432 g/mol. The monoisotopic (exact) mass is 431 g/mol. The fourth-order valence-corrected chi connectivity index (χ4v) is 4.58. The molecule has 1 saturated heterocycles. The summed E-state index contributed by atoms with van der Waals surface area (Å²) in [6.07, 6.45) is 0.916. The van der Waals surface area contributed by atoms with Gasteiger partial charge in [0.05, 0.1) is 0 Å². The van der Waals surface area contributed by atoms with Crippen molar-refractivity contribution in [1.82, 2.24) is 4.90 Å². The number of amides is 1. The Kier molecular flexibility index (Phi) is 8.60. The first-order valence-electron chi connectivity index (χ1n) is 9.81. The summed E-state index contributed by atoms with van der Waals surface area (Å²) in [7, 11) is 2.03. The van der Waals surface area contributed by atoms with Crippen molar-refractivity contribution in [3.8, 4) is 0 Å². The van der Waals surface area contributed by atoms with Crippen LogP contribution in [0.25, 0.3) is 0 Å². The molecule has 6 heteroatoms. The van der Waals surface area contributed by atoms with Crippen molar-refractivity contribution in [2.45, 2.75) is 39.3 Å². The highest BCUT2D eigenvalue weighted by atomic mass is 35.5. The third-order valence-electron chi connectivity index (χ3n) is 5.08. The zero-order valence-corrected chi connectivity index (χ0v) is 19.2. The third-order valence-corrected chi connectivity index (χ3v) is 6.22. The van der Waals surface area contributed by atoms with E-state index in [0.717, 1.165) is 29.6 Å². The molecule has 0 aromatic heterocycles. The molecule has 1 atom stereocenters. The van der Waals surface area contributed by atoms with Gasteiger partial charge in [-0.2, -0.15) is 0 Å². The number of rotatable bonds is 6. The van der Waals surface area contributed by atoms with Crippen molar-refractivity contribution in [3.63, 3.8) is 0 Å². The topological polar surface area (TPSA) is 35.9 Å². The third kappa shape index (κ3) is 5.77. The Morgan fingerprint density at radius 1 is 1.17 bits per heavy atom. The SMILES string of the molecule is CC(=O)N(c1ccc(C(C)C)cc1)C1CSC(=NCCc2ccccc2)N1C.Cl. The average Bonchev–Trinajstić information content (AvgIpc) is 3.03. The Morgan fingerprint density at radius 2 is 1.83 bits per heavy atom. The first-order valence-corrected chi connectivity index (χ1v) is 10.8. The molecule has 1 heterocycles. The van der Waals surface area contributed by atoms with Crippen LogP contribution in [0.5, 0.6) is 0 Å². The molecule has 1 aliphatic rings. The van der Waals surface area contributed by atoms with E-state index in [9.17, 15) is 4.79 Å². The highest BCUT2D eigenvalue weighted by molar-refractivity contribution is 8.14. The van der Waals surface area contributed by atoms with E-state index in [1.807, 2.05) is 18.0 Å². The van der Waals surface area contributed by atoms with Crippen LogP contribution in [0.2, 0.25) is 0 Å². The minimum absolute atomic E-state index is 0. The van der Waals surface area contributed by atoms with Crippen LogP contribution in [0.3, 0.4) is 0 Å². The molecule has 4 nitrogen and oxygen atoms in total. The van der Waals surface area contributed by atoms with Gasteiger partial charge in [0.1, 0.15) is 6.17 Å². The van der Waals surface area contributed by atoms with Gasteiger partial charge in [0.2, 0.25) is 5.91 Å². The minimum Gasteiger partial charge on any atom is -0.333 e. The molecule has 0 saturated carbocycles. The summed E-state index contributed by atoms with van der Waals surface area (Å²) in [5, 5.41) is 1.01. The number of aliphatic imine (C=N–C) groups is 1. The van der Waals surface area contributed by atoms with E-state index in [-0.39, 0.29) is 24.5 Å². The number of hydrogen-bond donors (Lipinski definition) is 0. The summed E-state index contributed by atoms with van der Waals surface area (Å²) in [4.78, 5) is 21.3. The van der Waals surface area contributed by atoms with E-state index >= 15 is 0 Å². The Bertz CT molecular complexity index is 824. The van der Waals surface area contributed by atoms with Gasteiger partial charge in [-0.1, -0.05) is 68.1 Å². The molecule has 2 aromatic rings. The normalized spacial score (nSPS) is 17.5. The van der Waals surface area contributed by atoms with Crippen LogP contribution in [0.4, 0.5) is 5.69 Å².